The molecular weight excluding hydrogens is 260 g/mol. The molecule has 4 aliphatic rings. The molecule has 0 bridgehead atoms. The van der Waals surface area contributed by atoms with E-state index in [1.54, 1.807) is 6.08 Å². The smallest absolute Gasteiger partial charge is 0.334 e. The Labute approximate surface area is 116 Å². The van der Waals surface area contributed by atoms with Gasteiger partial charge in [0.25, 0.3) is 0 Å². The summed E-state index contributed by atoms with van der Waals surface area (Å²) < 4.78 is 11.4. The molecule has 7 atom stereocenters. The topological polar surface area (TPSA) is 79.3 Å². The molecule has 0 unspecified atom stereocenters. The van der Waals surface area contributed by atoms with Crippen LogP contribution in [0.3, 0.4) is 0 Å². The van der Waals surface area contributed by atoms with Crippen molar-refractivity contribution in [2.45, 2.75) is 49.8 Å². The normalized spacial score (nSPS) is 56.4. The van der Waals surface area contributed by atoms with Crippen molar-refractivity contribution in [2.24, 2.45) is 11.8 Å². The van der Waals surface area contributed by atoms with Crippen LogP contribution in [-0.2, 0) is 14.3 Å². The van der Waals surface area contributed by atoms with E-state index in [0.29, 0.717) is 12.0 Å². The lowest BCUT2D eigenvalue weighted by Gasteiger charge is -2.28. The molecule has 2 aliphatic heterocycles. The monoisotopic (exact) mass is 278 g/mol. The number of carbonyl (C=O) groups is 1. The van der Waals surface area contributed by atoms with Crippen molar-refractivity contribution in [3.05, 3.63) is 23.8 Å². The van der Waals surface area contributed by atoms with Gasteiger partial charge in [0.2, 0.25) is 0 Å². The van der Waals surface area contributed by atoms with Crippen LogP contribution in [0.25, 0.3) is 0 Å². The highest BCUT2D eigenvalue weighted by molar-refractivity contribution is 5.91. The van der Waals surface area contributed by atoms with Gasteiger partial charge in [-0.15, -0.1) is 0 Å². The predicted octanol–water partition coefficient (Wildman–Crippen LogP) is 0.313. The summed E-state index contributed by atoms with van der Waals surface area (Å²) in [5.74, 6) is -1.08. The van der Waals surface area contributed by atoms with E-state index in [4.69, 9.17) is 9.47 Å². The summed E-state index contributed by atoms with van der Waals surface area (Å²) in [4.78, 5) is 11.8. The van der Waals surface area contributed by atoms with Gasteiger partial charge in [-0.05, 0) is 13.8 Å². The third kappa shape index (κ3) is 1.14. The second kappa shape index (κ2) is 3.35. The third-order valence-electron chi connectivity index (χ3n) is 5.60. The molecule has 2 heterocycles. The number of esters is 1. The van der Waals surface area contributed by atoms with Crippen molar-refractivity contribution in [2.75, 3.05) is 0 Å². The van der Waals surface area contributed by atoms with E-state index in [9.17, 15) is 15.0 Å². The van der Waals surface area contributed by atoms with Crippen LogP contribution < -0.4 is 0 Å². The van der Waals surface area contributed by atoms with Gasteiger partial charge in [0.05, 0.1) is 17.9 Å². The maximum Gasteiger partial charge on any atom is 0.334 e. The van der Waals surface area contributed by atoms with E-state index in [1.807, 2.05) is 13.8 Å². The highest BCUT2D eigenvalue weighted by atomic mass is 16.6. The van der Waals surface area contributed by atoms with E-state index in [2.05, 4.69) is 6.58 Å². The largest absolute Gasteiger partial charge is 0.457 e. The van der Waals surface area contributed by atoms with Gasteiger partial charge in [-0.25, -0.2) is 4.79 Å². The van der Waals surface area contributed by atoms with Gasteiger partial charge in [0, 0.05) is 12.0 Å². The summed E-state index contributed by atoms with van der Waals surface area (Å²) in [5.41, 5.74) is -0.0611. The number of aliphatic hydroxyl groups excluding tert-OH is 2. The van der Waals surface area contributed by atoms with Gasteiger partial charge in [-0.1, -0.05) is 18.2 Å². The maximum atomic E-state index is 11.8. The Morgan fingerprint density at radius 3 is 2.85 bits per heavy atom. The van der Waals surface area contributed by atoms with Gasteiger partial charge in [0.1, 0.15) is 23.4 Å². The molecule has 0 aromatic rings. The molecule has 2 saturated heterocycles. The fourth-order valence-corrected chi connectivity index (χ4v) is 4.68. The average Bonchev–Trinajstić information content (AvgIpc) is 2.73. The molecule has 5 heteroatoms. The van der Waals surface area contributed by atoms with Crippen LogP contribution in [-0.4, -0.2) is 45.7 Å². The first-order valence-electron chi connectivity index (χ1n) is 6.96. The van der Waals surface area contributed by atoms with Crippen molar-refractivity contribution < 1.29 is 24.5 Å². The lowest BCUT2D eigenvalue weighted by Crippen LogP contribution is -2.43. The predicted molar refractivity (Wildman–Crippen MR) is 68.6 cm³/mol. The van der Waals surface area contributed by atoms with Gasteiger partial charge >= 0.3 is 5.97 Å². The molecule has 1 saturated carbocycles. The summed E-state index contributed by atoms with van der Waals surface area (Å²) in [7, 11) is 0. The van der Waals surface area contributed by atoms with Crippen molar-refractivity contribution in [3.63, 3.8) is 0 Å². The SMILES string of the molecule is C=C1C(=O)O[C@H]2[C@H]1[C@@H](O)C[C@@]1(C)O[C@]13[C@H](O)C=C(C)[C@H]23. The first-order chi connectivity index (χ1) is 9.32. The molecule has 0 radical (unpaired) electrons. The van der Waals surface area contributed by atoms with Crippen LogP contribution in [0.5, 0.6) is 0 Å². The second-order valence-electron chi connectivity index (χ2n) is 6.65. The van der Waals surface area contributed by atoms with Crippen molar-refractivity contribution >= 4 is 5.97 Å². The second-order valence-corrected chi connectivity index (χ2v) is 6.65. The highest BCUT2D eigenvalue weighted by Crippen LogP contribution is 2.67. The molecule has 20 heavy (non-hydrogen) atoms. The summed E-state index contributed by atoms with van der Waals surface area (Å²) in [6.07, 6.45) is 0.186. The van der Waals surface area contributed by atoms with Crippen LogP contribution >= 0.6 is 0 Å². The minimum Gasteiger partial charge on any atom is -0.457 e. The molecule has 0 aromatic heterocycles. The maximum absolute atomic E-state index is 11.8. The van der Waals surface area contributed by atoms with Crippen LogP contribution in [0.1, 0.15) is 20.3 Å². The Morgan fingerprint density at radius 2 is 2.15 bits per heavy atom. The third-order valence-corrected chi connectivity index (χ3v) is 5.60. The molecule has 0 amide bonds. The standard InChI is InChI=1S/C15H18O5/c1-6-4-9(17)15-11(6)12-10(7(2)13(18)19-12)8(16)5-14(15,3)20-15/h4,8-12,16-17H,2,5H2,1,3H3/t8-,9+,10+,11+,12-,14+,15-/m0/s1. The zero-order chi connectivity index (χ0) is 14.4. The minimum atomic E-state index is -0.762. The molecule has 4 rings (SSSR count). The molecule has 2 aliphatic carbocycles. The van der Waals surface area contributed by atoms with Gasteiger partial charge in [-0.2, -0.15) is 0 Å². The average molecular weight is 278 g/mol. The summed E-state index contributed by atoms with van der Waals surface area (Å²) in [6, 6.07) is 0. The molecule has 1 spiro atoms. The fourth-order valence-electron chi connectivity index (χ4n) is 4.68. The van der Waals surface area contributed by atoms with Crippen molar-refractivity contribution in [1.82, 2.24) is 0 Å². The molecule has 108 valence electrons. The number of ether oxygens (including phenoxy) is 2. The zero-order valence-electron chi connectivity index (χ0n) is 11.5. The van der Waals surface area contributed by atoms with Crippen LogP contribution in [0.15, 0.2) is 23.8 Å². The number of fused-ring (bicyclic) bond motifs is 2. The van der Waals surface area contributed by atoms with Gasteiger partial charge in [0.15, 0.2) is 0 Å². The Hall–Kier alpha value is -1.17. The summed E-state index contributed by atoms with van der Waals surface area (Å²) in [5, 5.41) is 20.8. The Kier molecular flexibility index (Phi) is 2.10. The Bertz CT molecular complexity index is 567. The highest BCUT2D eigenvalue weighted by Gasteiger charge is 2.80. The van der Waals surface area contributed by atoms with Crippen LogP contribution in [0, 0.1) is 11.8 Å². The van der Waals surface area contributed by atoms with E-state index in [-0.39, 0.29) is 5.92 Å². The zero-order valence-corrected chi connectivity index (χ0v) is 11.5. The quantitative estimate of drug-likeness (QED) is 0.289. The molecule has 3 fully saturated rings. The van der Waals surface area contributed by atoms with E-state index in [1.165, 1.54) is 0 Å². The number of hydrogen-bond donors (Lipinski definition) is 2. The lowest BCUT2D eigenvalue weighted by atomic mass is 9.77. The summed E-state index contributed by atoms with van der Waals surface area (Å²) in [6.45, 7) is 7.59. The Balaban J connectivity index is 1.86. The van der Waals surface area contributed by atoms with Crippen molar-refractivity contribution in [1.29, 1.82) is 0 Å². The number of rotatable bonds is 0. The van der Waals surface area contributed by atoms with E-state index >= 15 is 0 Å². The fraction of sp³-hybridized carbons (Fsp3) is 0.667. The number of hydrogen-bond acceptors (Lipinski definition) is 5. The van der Waals surface area contributed by atoms with Crippen LogP contribution in [0.2, 0.25) is 0 Å². The number of epoxide rings is 1. The number of aliphatic hydroxyl groups is 2. The van der Waals surface area contributed by atoms with Gasteiger partial charge in [-0.3, -0.25) is 0 Å². The molecular formula is C15H18O5. The van der Waals surface area contributed by atoms with E-state index < -0.39 is 41.4 Å². The van der Waals surface area contributed by atoms with Crippen LogP contribution in [0.4, 0.5) is 0 Å². The lowest BCUT2D eigenvalue weighted by molar-refractivity contribution is -0.142. The summed E-state index contributed by atoms with van der Waals surface area (Å²) >= 11 is 0. The minimum absolute atomic E-state index is 0.215. The molecule has 5 nitrogen and oxygen atoms in total. The molecule has 2 N–H and O–H groups in total. The van der Waals surface area contributed by atoms with E-state index in [0.717, 1.165) is 5.57 Å². The Morgan fingerprint density at radius 1 is 1.45 bits per heavy atom. The first kappa shape index (κ1) is 12.6. The molecule has 0 aromatic carbocycles. The van der Waals surface area contributed by atoms with Crippen molar-refractivity contribution in [3.8, 4) is 0 Å². The number of carbonyl (C=O) groups excluding carboxylic acids is 1. The van der Waals surface area contributed by atoms with Gasteiger partial charge < -0.3 is 19.7 Å². The first-order valence-corrected chi connectivity index (χ1v) is 6.96.